The largest absolute Gasteiger partial charge is 0.377 e. The second-order valence-electron chi connectivity index (χ2n) is 7.32. The molecule has 3 heterocycles. The van der Waals surface area contributed by atoms with Crippen molar-refractivity contribution in [2.75, 3.05) is 63.1 Å². The van der Waals surface area contributed by atoms with Crippen LogP contribution in [0.15, 0.2) is 22.5 Å². The summed E-state index contributed by atoms with van der Waals surface area (Å²) in [6.45, 7) is 7.72. The van der Waals surface area contributed by atoms with E-state index in [-0.39, 0.29) is 18.4 Å². The lowest BCUT2D eigenvalue weighted by Crippen LogP contribution is -2.52. The molecule has 3 rings (SSSR count). The van der Waals surface area contributed by atoms with E-state index in [4.69, 9.17) is 4.74 Å². The predicted octanol–water partition coefficient (Wildman–Crippen LogP) is 1.32. The first kappa shape index (κ1) is 22.3. The number of rotatable bonds is 8. The summed E-state index contributed by atoms with van der Waals surface area (Å²) in [5.74, 6) is 0.785. The van der Waals surface area contributed by atoms with Crippen molar-refractivity contribution in [3.05, 3.63) is 17.5 Å². The third kappa shape index (κ3) is 7.13. The maximum Gasteiger partial charge on any atom is 0.213 e. The van der Waals surface area contributed by atoms with Gasteiger partial charge in [0.25, 0.3) is 0 Å². The number of sulfonamides is 1. The van der Waals surface area contributed by atoms with E-state index < -0.39 is 10.0 Å². The fourth-order valence-electron chi connectivity index (χ4n) is 3.55. The number of nitrogens with zero attached hydrogens (tertiary/aromatic N) is 3. The van der Waals surface area contributed by atoms with E-state index in [1.807, 2.05) is 6.92 Å². The van der Waals surface area contributed by atoms with E-state index in [1.54, 1.807) is 11.3 Å². The summed E-state index contributed by atoms with van der Waals surface area (Å²) in [5, 5.41) is 6.69. The first-order valence-corrected chi connectivity index (χ1v) is 13.0. The number of piperazine rings is 1. The minimum atomic E-state index is -3.35. The van der Waals surface area contributed by atoms with E-state index in [0.29, 0.717) is 6.54 Å². The molecule has 0 spiro atoms. The van der Waals surface area contributed by atoms with Crippen molar-refractivity contribution in [3.63, 3.8) is 0 Å². The molecule has 0 aliphatic carbocycles. The van der Waals surface area contributed by atoms with E-state index in [0.717, 1.165) is 64.6 Å². The number of ether oxygens (including phenoxy) is 1. The fourth-order valence-corrected chi connectivity index (χ4v) is 5.25. The molecule has 2 N–H and O–H groups in total. The van der Waals surface area contributed by atoms with Crippen LogP contribution in [0, 0.1) is 0 Å². The molecule has 0 saturated carbocycles. The van der Waals surface area contributed by atoms with E-state index in [9.17, 15) is 8.42 Å². The molecule has 1 aromatic rings. The van der Waals surface area contributed by atoms with Crippen molar-refractivity contribution in [2.45, 2.75) is 32.3 Å². The lowest BCUT2D eigenvalue weighted by molar-refractivity contribution is 0.0200. The van der Waals surface area contributed by atoms with Crippen molar-refractivity contribution in [1.82, 2.24) is 14.9 Å². The highest BCUT2D eigenvalue weighted by Crippen LogP contribution is 2.22. The van der Waals surface area contributed by atoms with Crippen LogP contribution in [-0.2, 0) is 14.8 Å². The Hall–Kier alpha value is -1.36. The van der Waals surface area contributed by atoms with Gasteiger partial charge in [-0.2, -0.15) is 0 Å². The summed E-state index contributed by atoms with van der Waals surface area (Å²) in [6.07, 6.45) is 3.08. The molecule has 2 aliphatic rings. The Kier molecular flexibility index (Phi) is 8.58. The molecule has 0 bridgehead atoms. The van der Waals surface area contributed by atoms with Crippen LogP contribution < -0.4 is 14.9 Å². The van der Waals surface area contributed by atoms with Gasteiger partial charge in [0.05, 0.1) is 23.4 Å². The molecular formula is C19H33N5O3S2. The highest BCUT2D eigenvalue weighted by molar-refractivity contribution is 7.89. The van der Waals surface area contributed by atoms with Crippen LogP contribution in [0.25, 0.3) is 0 Å². The Bertz CT molecular complexity index is 725. The van der Waals surface area contributed by atoms with Crippen LogP contribution in [0.1, 0.15) is 26.2 Å². The van der Waals surface area contributed by atoms with Gasteiger partial charge in [-0.1, -0.05) is 0 Å². The van der Waals surface area contributed by atoms with Gasteiger partial charge >= 0.3 is 0 Å². The molecule has 0 aromatic carbocycles. The Morgan fingerprint density at radius 2 is 2.14 bits per heavy atom. The van der Waals surface area contributed by atoms with E-state index in [1.165, 1.54) is 5.00 Å². The summed E-state index contributed by atoms with van der Waals surface area (Å²) in [5.41, 5.74) is 0. The summed E-state index contributed by atoms with van der Waals surface area (Å²) in [6, 6.07) is 4.22. The van der Waals surface area contributed by atoms with Gasteiger partial charge in [-0.15, -0.1) is 11.3 Å². The molecule has 2 aliphatic heterocycles. The SMILES string of the molecule is CCNC(=NCCS(=O)(=O)NCC1CCCCO1)N1CCN(c2cccs2)CC1. The maximum atomic E-state index is 12.3. The van der Waals surface area contributed by atoms with Crippen LogP contribution >= 0.6 is 11.3 Å². The normalized spacial score (nSPS) is 21.4. The van der Waals surface area contributed by atoms with Crippen LogP contribution in [-0.4, -0.2) is 83.6 Å². The molecule has 164 valence electrons. The Balaban J connectivity index is 1.46. The maximum absolute atomic E-state index is 12.3. The quantitative estimate of drug-likeness (QED) is 0.466. The van der Waals surface area contributed by atoms with Crippen molar-refractivity contribution >= 4 is 32.3 Å². The van der Waals surface area contributed by atoms with Gasteiger partial charge in [0, 0.05) is 45.9 Å². The highest BCUT2D eigenvalue weighted by Gasteiger charge is 2.21. The summed E-state index contributed by atoms with van der Waals surface area (Å²) < 4.78 is 32.8. The first-order valence-electron chi connectivity index (χ1n) is 10.5. The standard InChI is InChI=1S/C19H33N5O3S2/c1-2-20-19(24-11-9-23(10-12-24)18-7-5-14-28-18)21-8-15-29(25,26)22-16-17-6-3-4-13-27-17/h5,7,14,17,22H,2-4,6,8-13,15-16H2,1H3,(H,20,21). The molecule has 0 radical (unpaired) electrons. The molecule has 1 aromatic heterocycles. The highest BCUT2D eigenvalue weighted by atomic mass is 32.2. The number of hydrogen-bond acceptors (Lipinski definition) is 6. The molecule has 29 heavy (non-hydrogen) atoms. The van der Waals surface area contributed by atoms with Crippen LogP contribution in [0.2, 0.25) is 0 Å². The number of anilines is 1. The minimum absolute atomic E-state index is 0.000938. The average molecular weight is 444 g/mol. The third-order valence-corrected chi connectivity index (χ3v) is 7.41. The van der Waals surface area contributed by atoms with Crippen molar-refractivity contribution in [2.24, 2.45) is 4.99 Å². The van der Waals surface area contributed by atoms with Gasteiger partial charge < -0.3 is 19.9 Å². The molecule has 1 unspecified atom stereocenters. The van der Waals surface area contributed by atoms with Crippen LogP contribution in [0.3, 0.4) is 0 Å². The lowest BCUT2D eigenvalue weighted by atomic mass is 10.1. The molecule has 2 fully saturated rings. The smallest absolute Gasteiger partial charge is 0.213 e. The average Bonchev–Trinajstić information content (AvgIpc) is 3.28. The minimum Gasteiger partial charge on any atom is -0.377 e. The zero-order chi connectivity index (χ0) is 20.5. The van der Waals surface area contributed by atoms with Crippen molar-refractivity contribution < 1.29 is 13.2 Å². The Morgan fingerprint density at radius 3 is 2.79 bits per heavy atom. The summed E-state index contributed by atoms with van der Waals surface area (Å²) in [4.78, 5) is 9.16. The molecule has 2 saturated heterocycles. The molecule has 0 amide bonds. The second kappa shape index (κ2) is 11.1. The van der Waals surface area contributed by atoms with Crippen molar-refractivity contribution in [1.29, 1.82) is 0 Å². The van der Waals surface area contributed by atoms with Crippen LogP contribution in [0.5, 0.6) is 0 Å². The van der Waals surface area contributed by atoms with E-state index >= 15 is 0 Å². The Labute approximate surface area is 178 Å². The number of guanidine groups is 1. The predicted molar refractivity (Wildman–Crippen MR) is 119 cm³/mol. The zero-order valence-corrected chi connectivity index (χ0v) is 18.8. The van der Waals surface area contributed by atoms with Gasteiger partial charge in [-0.25, -0.2) is 13.1 Å². The van der Waals surface area contributed by atoms with E-state index in [2.05, 4.69) is 42.3 Å². The molecule has 1 atom stereocenters. The topological polar surface area (TPSA) is 86.3 Å². The number of thiophene rings is 1. The van der Waals surface area contributed by atoms with Gasteiger partial charge in [0.2, 0.25) is 10.0 Å². The van der Waals surface area contributed by atoms with Gasteiger partial charge in [0.15, 0.2) is 5.96 Å². The van der Waals surface area contributed by atoms with Crippen LogP contribution in [0.4, 0.5) is 5.00 Å². The first-order chi connectivity index (χ1) is 14.1. The second-order valence-corrected chi connectivity index (χ2v) is 10.2. The van der Waals surface area contributed by atoms with Gasteiger partial charge in [-0.3, -0.25) is 4.99 Å². The number of aliphatic imine (C=N–C) groups is 1. The fraction of sp³-hybridized carbons (Fsp3) is 0.737. The van der Waals surface area contributed by atoms with Crippen molar-refractivity contribution in [3.8, 4) is 0 Å². The molecule has 8 nitrogen and oxygen atoms in total. The molecular weight excluding hydrogens is 410 g/mol. The monoisotopic (exact) mass is 443 g/mol. The number of hydrogen-bond donors (Lipinski definition) is 2. The van der Waals surface area contributed by atoms with Gasteiger partial charge in [-0.05, 0) is 43.7 Å². The number of nitrogens with one attached hydrogen (secondary N) is 2. The third-order valence-electron chi connectivity index (χ3n) is 5.16. The summed E-state index contributed by atoms with van der Waals surface area (Å²) in [7, 11) is -3.35. The Morgan fingerprint density at radius 1 is 1.31 bits per heavy atom. The van der Waals surface area contributed by atoms with Gasteiger partial charge in [0.1, 0.15) is 0 Å². The lowest BCUT2D eigenvalue weighted by Gasteiger charge is -2.37. The summed E-state index contributed by atoms with van der Waals surface area (Å²) >= 11 is 1.76. The zero-order valence-electron chi connectivity index (χ0n) is 17.2. The molecule has 10 heteroatoms.